The number of amides is 1. The molecule has 3 atom stereocenters. The molecule has 3 rings (SSSR count). The number of hydrogen-bond donors (Lipinski definition) is 1. The maximum Gasteiger partial charge on any atom is 0.221 e. The van der Waals surface area contributed by atoms with Gasteiger partial charge in [0.25, 0.3) is 0 Å². The first-order valence-electron chi connectivity index (χ1n) is 7.42. The minimum absolute atomic E-state index is 0.00480. The lowest BCUT2D eigenvalue weighted by atomic mass is 9.97. The fourth-order valence-corrected chi connectivity index (χ4v) is 2.94. The number of carbonyl (C=O) groups excluding carboxylic acids is 1. The lowest BCUT2D eigenvalue weighted by Crippen LogP contribution is -2.43. The normalized spacial score (nSPS) is 26.4. The number of carbonyl (C=O) groups is 1. The summed E-state index contributed by atoms with van der Waals surface area (Å²) in [6.45, 7) is 1.54. The van der Waals surface area contributed by atoms with E-state index in [4.69, 9.17) is 18.9 Å². The van der Waals surface area contributed by atoms with E-state index in [1.807, 2.05) is 18.2 Å². The van der Waals surface area contributed by atoms with Crippen LogP contribution in [0.25, 0.3) is 0 Å². The van der Waals surface area contributed by atoms with Crippen LogP contribution in [0.3, 0.4) is 0 Å². The monoisotopic (exact) mass is 307 g/mol. The van der Waals surface area contributed by atoms with Crippen molar-refractivity contribution in [1.29, 1.82) is 0 Å². The van der Waals surface area contributed by atoms with Gasteiger partial charge in [0.05, 0.1) is 33.0 Å². The molecule has 0 saturated carbocycles. The minimum atomic E-state index is -0.0739. The SMILES string of the molecule is COc1ccc2c(c1)OCC2CC(=O)N[C@@H]1COC[C@H]1OC. The van der Waals surface area contributed by atoms with Crippen LogP contribution >= 0.6 is 0 Å². The van der Waals surface area contributed by atoms with Gasteiger partial charge < -0.3 is 24.3 Å². The molecule has 6 nitrogen and oxygen atoms in total. The summed E-state index contributed by atoms with van der Waals surface area (Å²) in [6, 6.07) is 5.65. The van der Waals surface area contributed by atoms with Gasteiger partial charge in [0, 0.05) is 31.1 Å². The summed E-state index contributed by atoms with van der Waals surface area (Å²) in [5.41, 5.74) is 1.06. The van der Waals surface area contributed by atoms with Crippen molar-refractivity contribution in [3.05, 3.63) is 23.8 Å². The first kappa shape index (κ1) is 15.1. The average molecular weight is 307 g/mol. The highest BCUT2D eigenvalue weighted by molar-refractivity contribution is 5.77. The summed E-state index contributed by atoms with van der Waals surface area (Å²) >= 11 is 0. The van der Waals surface area contributed by atoms with E-state index in [0.29, 0.717) is 26.2 Å². The highest BCUT2D eigenvalue weighted by Crippen LogP contribution is 2.38. The topological polar surface area (TPSA) is 66.0 Å². The fourth-order valence-electron chi connectivity index (χ4n) is 2.94. The van der Waals surface area contributed by atoms with Gasteiger partial charge in [0.15, 0.2) is 0 Å². The zero-order chi connectivity index (χ0) is 15.5. The summed E-state index contributed by atoms with van der Waals surface area (Å²) in [4.78, 5) is 12.2. The van der Waals surface area contributed by atoms with Crippen LogP contribution in [-0.4, -0.2) is 52.1 Å². The molecule has 22 heavy (non-hydrogen) atoms. The molecule has 0 bridgehead atoms. The number of benzene rings is 1. The Morgan fingerprint density at radius 3 is 2.95 bits per heavy atom. The van der Waals surface area contributed by atoms with Gasteiger partial charge in [0.1, 0.15) is 17.6 Å². The standard InChI is InChI=1S/C16H21NO5/c1-19-11-3-4-12-10(7-22-14(12)6-11)5-16(18)17-13-8-21-9-15(13)20-2/h3-4,6,10,13,15H,5,7-9H2,1-2H3,(H,17,18)/t10?,13-,15-/m1/s1. The molecule has 1 aromatic carbocycles. The molecular formula is C16H21NO5. The Labute approximate surface area is 129 Å². The molecule has 1 unspecified atom stereocenters. The smallest absolute Gasteiger partial charge is 0.221 e. The minimum Gasteiger partial charge on any atom is -0.497 e. The Morgan fingerprint density at radius 2 is 2.18 bits per heavy atom. The highest BCUT2D eigenvalue weighted by atomic mass is 16.5. The number of ether oxygens (including phenoxy) is 4. The number of nitrogens with one attached hydrogen (secondary N) is 1. The summed E-state index contributed by atoms with van der Waals surface area (Å²) in [6.07, 6.45) is 0.326. The zero-order valence-corrected chi connectivity index (χ0v) is 12.8. The van der Waals surface area contributed by atoms with Crippen molar-refractivity contribution in [2.75, 3.05) is 34.0 Å². The molecule has 2 heterocycles. The molecule has 0 radical (unpaired) electrons. The average Bonchev–Trinajstić information content (AvgIpc) is 3.13. The van der Waals surface area contributed by atoms with Gasteiger partial charge in [0.2, 0.25) is 5.91 Å². The lowest BCUT2D eigenvalue weighted by molar-refractivity contribution is -0.122. The van der Waals surface area contributed by atoms with Crippen molar-refractivity contribution in [2.24, 2.45) is 0 Å². The Balaban J connectivity index is 1.60. The maximum absolute atomic E-state index is 12.2. The third-order valence-corrected chi connectivity index (χ3v) is 4.21. The first-order chi connectivity index (χ1) is 10.7. The van der Waals surface area contributed by atoms with Gasteiger partial charge in [-0.15, -0.1) is 0 Å². The van der Waals surface area contributed by atoms with Gasteiger partial charge >= 0.3 is 0 Å². The van der Waals surface area contributed by atoms with E-state index in [1.165, 1.54) is 0 Å². The van der Waals surface area contributed by atoms with E-state index in [-0.39, 0.29) is 24.0 Å². The van der Waals surface area contributed by atoms with Gasteiger partial charge in [-0.2, -0.15) is 0 Å². The van der Waals surface area contributed by atoms with Crippen LogP contribution in [0.5, 0.6) is 11.5 Å². The van der Waals surface area contributed by atoms with Crippen LogP contribution < -0.4 is 14.8 Å². The molecule has 1 fully saturated rings. The predicted octanol–water partition coefficient (Wildman–Crippen LogP) is 1.09. The summed E-state index contributed by atoms with van der Waals surface area (Å²) in [5.74, 6) is 1.63. The summed E-state index contributed by atoms with van der Waals surface area (Å²) in [7, 11) is 3.25. The second-order valence-corrected chi connectivity index (χ2v) is 5.60. The lowest BCUT2D eigenvalue weighted by Gasteiger charge is -2.18. The second-order valence-electron chi connectivity index (χ2n) is 5.60. The van der Waals surface area contributed by atoms with E-state index in [9.17, 15) is 4.79 Å². The highest BCUT2D eigenvalue weighted by Gasteiger charge is 2.32. The molecule has 1 N–H and O–H groups in total. The molecule has 0 aliphatic carbocycles. The largest absolute Gasteiger partial charge is 0.497 e. The molecule has 0 aromatic heterocycles. The van der Waals surface area contributed by atoms with Crippen LogP contribution in [0.4, 0.5) is 0 Å². The number of rotatable bonds is 5. The van der Waals surface area contributed by atoms with E-state index in [2.05, 4.69) is 5.32 Å². The fraction of sp³-hybridized carbons (Fsp3) is 0.562. The molecule has 120 valence electrons. The Hall–Kier alpha value is -1.79. The predicted molar refractivity (Wildman–Crippen MR) is 79.4 cm³/mol. The number of methoxy groups -OCH3 is 2. The molecule has 1 aromatic rings. The van der Waals surface area contributed by atoms with E-state index < -0.39 is 0 Å². The molecule has 2 aliphatic rings. The van der Waals surface area contributed by atoms with Crippen molar-refractivity contribution in [2.45, 2.75) is 24.5 Å². The van der Waals surface area contributed by atoms with Crippen LogP contribution in [0.15, 0.2) is 18.2 Å². The van der Waals surface area contributed by atoms with Crippen molar-refractivity contribution in [3.8, 4) is 11.5 Å². The van der Waals surface area contributed by atoms with E-state index in [0.717, 1.165) is 17.1 Å². The summed E-state index contributed by atoms with van der Waals surface area (Å²) in [5, 5.41) is 2.99. The molecule has 0 spiro atoms. The second kappa shape index (κ2) is 6.54. The molecular weight excluding hydrogens is 286 g/mol. The Bertz CT molecular complexity index is 547. The van der Waals surface area contributed by atoms with Gasteiger partial charge in [-0.1, -0.05) is 6.07 Å². The van der Waals surface area contributed by atoms with Crippen molar-refractivity contribution < 1.29 is 23.7 Å². The van der Waals surface area contributed by atoms with Crippen LogP contribution in [-0.2, 0) is 14.3 Å². The van der Waals surface area contributed by atoms with Crippen LogP contribution in [0.2, 0.25) is 0 Å². The maximum atomic E-state index is 12.2. The van der Waals surface area contributed by atoms with Gasteiger partial charge in [-0.3, -0.25) is 4.79 Å². The molecule has 6 heteroatoms. The number of fused-ring (bicyclic) bond motifs is 1. The van der Waals surface area contributed by atoms with Gasteiger partial charge in [-0.25, -0.2) is 0 Å². The Morgan fingerprint density at radius 1 is 1.32 bits per heavy atom. The third kappa shape index (κ3) is 3.03. The Kier molecular flexibility index (Phi) is 4.49. The number of hydrogen-bond acceptors (Lipinski definition) is 5. The van der Waals surface area contributed by atoms with Gasteiger partial charge in [-0.05, 0) is 6.07 Å². The first-order valence-corrected chi connectivity index (χ1v) is 7.42. The van der Waals surface area contributed by atoms with Crippen molar-refractivity contribution >= 4 is 5.91 Å². The quantitative estimate of drug-likeness (QED) is 0.882. The van der Waals surface area contributed by atoms with E-state index >= 15 is 0 Å². The van der Waals surface area contributed by atoms with Crippen LogP contribution in [0, 0.1) is 0 Å². The van der Waals surface area contributed by atoms with Crippen LogP contribution in [0.1, 0.15) is 17.9 Å². The molecule has 1 saturated heterocycles. The van der Waals surface area contributed by atoms with E-state index in [1.54, 1.807) is 14.2 Å². The molecule has 2 aliphatic heterocycles. The third-order valence-electron chi connectivity index (χ3n) is 4.21. The van der Waals surface area contributed by atoms with Crippen molar-refractivity contribution in [3.63, 3.8) is 0 Å². The zero-order valence-electron chi connectivity index (χ0n) is 12.8. The van der Waals surface area contributed by atoms with Crippen molar-refractivity contribution in [1.82, 2.24) is 5.32 Å². The summed E-state index contributed by atoms with van der Waals surface area (Å²) < 4.78 is 21.5. The molecule has 1 amide bonds.